The maximum Gasteiger partial charge on any atom is 0.417 e. The highest BCUT2D eigenvalue weighted by atomic mass is 19.4. The van der Waals surface area contributed by atoms with E-state index in [1.807, 2.05) is 0 Å². The van der Waals surface area contributed by atoms with Crippen molar-refractivity contribution in [1.82, 2.24) is 4.57 Å². The first kappa shape index (κ1) is 12.7. The standard InChI is InChI=1S/C9H10F3NO3/c1-16-8(5-14)13-4-6(9(10,11)12)2-3-7(13)15/h2-4,8,14H,5H2,1H3. The van der Waals surface area contributed by atoms with E-state index in [1.54, 1.807) is 0 Å². The number of alkyl halides is 3. The molecule has 1 heterocycles. The number of hydrogen-bond donors (Lipinski definition) is 1. The van der Waals surface area contributed by atoms with E-state index in [2.05, 4.69) is 4.74 Å². The van der Waals surface area contributed by atoms with Gasteiger partial charge in [-0.2, -0.15) is 13.2 Å². The molecule has 1 aromatic heterocycles. The van der Waals surface area contributed by atoms with Crippen LogP contribution in [0.1, 0.15) is 11.8 Å². The fourth-order valence-electron chi connectivity index (χ4n) is 1.17. The van der Waals surface area contributed by atoms with E-state index in [0.29, 0.717) is 16.8 Å². The number of halogens is 3. The SMILES string of the molecule is COC(CO)n1cc(C(F)(F)F)ccc1=O. The predicted octanol–water partition coefficient (Wildman–Crippen LogP) is 1.00. The molecule has 0 aromatic carbocycles. The Hall–Kier alpha value is -1.34. The third-order valence-electron chi connectivity index (χ3n) is 2.00. The molecule has 0 saturated carbocycles. The molecule has 90 valence electrons. The van der Waals surface area contributed by atoms with Crippen LogP contribution in [0.25, 0.3) is 0 Å². The van der Waals surface area contributed by atoms with Gasteiger partial charge in [0, 0.05) is 19.4 Å². The maximum atomic E-state index is 12.4. The Morgan fingerprint density at radius 1 is 1.50 bits per heavy atom. The smallest absolute Gasteiger partial charge is 0.392 e. The van der Waals surface area contributed by atoms with E-state index in [4.69, 9.17) is 5.11 Å². The summed E-state index contributed by atoms with van der Waals surface area (Å²) in [5, 5.41) is 8.83. The Kier molecular flexibility index (Phi) is 3.71. The van der Waals surface area contributed by atoms with E-state index < -0.39 is 30.1 Å². The predicted molar refractivity (Wildman–Crippen MR) is 48.8 cm³/mol. The summed E-state index contributed by atoms with van der Waals surface area (Å²) in [6.45, 7) is -0.586. The molecular weight excluding hydrogens is 227 g/mol. The van der Waals surface area contributed by atoms with Gasteiger partial charge in [-0.1, -0.05) is 0 Å². The monoisotopic (exact) mass is 237 g/mol. The molecule has 0 aliphatic heterocycles. The first-order chi connectivity index (χ1) is 7.40. The molecule has 1 aromatic rings. The lowest BCUT2D eigenvalue weighted by atomic mass is 10.2. The minimum Gasteiger partial charge on any atom is -0.392 e. The second kappa shape index (κ2) is 4.67. The number of pyridine rings is 1. The summed E-state index contributed by atoms with van der Waals surface area (Å²) in [6, 6.07) is 1.47. The minimum absolute atomic E-state index is 0.586. The number of methoxy groups -OCH3 is 1. The van der Waals surface area contributed by atoms with Gasteiger partial charge in [-0.3, -0.25) is 9.36 Å². The zero-order valence-electron chi connectivity index (χ0n) is 8.36. The number of aromatic nitrogens is 1. The lowest BCUT2D eigenvalue weighted by molar-refractivity contribution is -0.138. The van der Waals surface area contributed by atoms with Crippen LogP contribution in [0.5, 0.6) is 0 Å². The van der Waals surface area contributed by atoms with Crippen LogP contribution in [0.3, 0.4) is 0 Å². The lowest BCUT2D eigenvalue weighted by Gasteiger charge is -2.17. The third kappa shape index (κ3) is 2.61. The normalized spacial score (nSPS) is 13.8. The van der Waals surface area contributed by atoms with Gasteiger partial charge in [0.1, 0.15) is 0 Å². The molecule has 1 rings (SSSR count). The second-order valence-electron chi connectivity index (χ2n) is 3.03. The summed E-state index contributed by atoms with van der Waals surface area (Å²) < 4.78 is 42.4. The van der Waals surface area contributed by atoms with Crippen molar-refractivity contribution in [3.63, 3.8) is 0 Å². The molecular formula is C9H10F3NO3. The average molecular weight is 237 g/mol. The molecule has 1 unspecified atom stereocenters. The zero-order valence-corrected chi connectivity index (χ0v) is 8.36. The molecule has 7 heteroatoms. The highest BCUT2D eigenvalue weighted by Gasteiger charge is 2.31. The highest BCUT2D eigenvalue weighted by Crippen LogP contribution is 2.28. The largest absolute Gasteiger partial charge is 0.417 e. The van der Waals surface area contributed by atoms with Crippen molar-refractivity contribution >= 4 is 0 Å². The Balaban J connectivity index is 3.23. The van der Waals surface area contributed by atoms with Gasteiger partial charge in [0.2, 0.25) is 0 Å². The topological polar surface area (TPSA) is 51.5 Å². The van der Waals surface area contributed by atoms with Crippen LogP contribution < -0.4 is 5.56 Å². The summed E-state index contributed by atoms with van der Waals surface area (Å²) in [5.74, 6) is 0. The zero-order chi connectivity index (χ0) is 12.3. The fraction of sp³-hybridized carbons (Fsp3) is 0.444. The summed E-state index contributed by atoms with van der Waals surface area (Å²) in [6.07, 6.45) is -5.04. The van der Waals surface area contributed by atoms with E-state index in [0.717, 1.165) is 6.07 Å². The van der Waals surface area contributed by atoms with Gasteiger partial charge in [0.05, 0.1) is 12.2 Å². The van der Waals surface area contributed by atoms with Crippen molar-refractivity contribution in [3.8, 4) is 0 Å². The lowest BCUT2D eigenvalue weighted by Crippen LogP contribution is -2.28. The minimum atomic E-state index is -4.54. The second-order valence-corrected chi connectivity index (χ2v) is 3.03. The number of aliphatic hydroxyl groups excluding tert-OH is 1. The summed E-state index contributed by atoms with van der Waals surface area (Å²) >= 11 is 0. The molecule has 0 bridgehead atoms. The quantitative estimate of drug-likeness (QED) is 0.853. The van der Waals surface area contributed by atoms with Crippen molar-refractivity contribution in [3.05, 3.63) is 34.2 Å². The van der Waals surface area contributed by atoms with Crippen LogP contribution in [0.2, 0.25) is 0 Å². The van der Waals surface area contributed by atoms with Crippen molar-refractivity contribution in [1.29, 1.82) is 0 Å². The van der Waals surface area contributed by atoms with Gasteiger partial charge in [-0.25, -0.2) is 0 Å². The Morgan fingerprint density at radius 3 is 2.56 bits per heavy atom. The number of nitrogens with zero attached hydrogens (tertiary/aromatic N) is 1. The van der Waals surface area contributed by atoms with Crippen LogP contribution in [-0.4, -0.2) is 23.4 Å². The van der Waals surface area contributed by atoms with Gasteiger partial charge >= 0.3 is 6.18 Å². The highest BCUT2D eigenvalue weighted by molar-refractivity contribution is 5.13. The van der Waals surface area contributed by atoms with Crippen molar-refractivity contribution in [2.45, 2.75) is 12.4 Å². The van der Waals surface area contributed by atoms with Crippen LogP contribution in [0, 0.1) is 0 Å². The van der Waals surface area contributed by atoms with E-state index >= 15 is 0 Å². The van der Waals surface area contributed by atoms with Gasteiger partial charge < -0.3 is 9.84 Å². The van der Waals surface area contributed by atoms with E-state index in [9.17, 15) is 18.0 Å². The fourth-order valence-corrected chi connectivity index (χ4v) is 1.17. The van der Waals surface area contributed by atoms with Crippen molar-refractivity contribution < 1.29 is 23.0 Å². The van der Waals surface area contributed by atoms with Gasteiger partial charge in [-0.15, -0.1) is 0 Å². The molecule has 0 aliphatic carbocycles. The summed E-state index contributed by atoms with van der Waals surface area (Å²) in [7, 11) is 1.19. The molecule has 0 amide bonds. The molecule has 4 nitrogen and oxygen atoms in total. The summed E-state index contributed by atoms with van der Waals surface area (Å²) in [4.78, 5) is 11.3. The van der Waals surface area contributed by atoms with E-state index in [1.165, 1.54) is 7.11 Å². The number of rotatable bonds is 3. The Bertz CT molecular complexity index is 409. The number of aliphatic hydroxyl groups is 1. The third-order valence-corrected chi connectivity index (χ3v) is 2.00. The molecule has 1 atom stereocenters. The number of hydrogen-bond acceptors (Lipinski definition) is 3. The maximum absolute atomic E-state index is 12.4. The Morgan fingerprint density at radius 2 is 2.12 bits per heavy atom. The van der Waals surface area contributed by atoms with Crippen LogP contribution in [0.4, 0.5) is 13.2 Å². The molecule has 16 heavy (non-hydrogen) atoms. The number of ether oxygens (including phenoxy) is 1. The summed E-state index contributed by atoms with van der Waals surface area (Å²) in [5.41, 5.74) is -1.64. The molecule has 0 fully saturated rings. The van der Waals surface area contributed by atoms with Gasteiger partial charge in [-0.05, 0) is 6.07 Å². The first-order valence-electron chi connectivity index (χ1n) is 4.33. The molecule has 0 radical (unpaired) electrons. The van der Waals surface area contributed by atoms with Gasteiger partial charge in [0.15, 0.2) is 6.23 Å². The van der Waals surface area contributed by atoms with Crippen LogP contribution in [0.15, 0.2) is 23.1 Å². The van der Waals surface area contributed by atoms with Crippen molar-refractivity contribution in [2.75, 3.05) is 13.7 Å². The Labute approximate surface area is 88.9 Å². The molecule has 1 N–H and O–H groups in total. The van der Waals surface area contributed by atoms with Crippen LogP contribution >= 0.6 is 0 Å². The molecule has 0 spiro atoms. The van der Waals surface area contributed by atoms with E-state index in [-0.39, 0.29) is 0 Å². The molecule has 0 saturated heterocycles. The van der Waals surface area contributed by atoms with Gasteiger partial charge in [0.25, 0.3) is 5.56 Å². The average Bonchev–Trinajstić information content (AvgIpc) is 2.20. The first-order valence-corrected chi connectivity index (χ1v) is 4.33. The van der Waals surface area contributed by atoms with Crippen LogP contribution in [-0.2, 0) is 10.9 Å². The van der Waals surface area contributed by atoms with Crippen molar-refractivity contribution in [2.24, 2.45) is 0 Å². The molecule has 0 aliphatic rings.